The predicted octanol–water partition coefficient (Wildman–Crippen LogP) is 4.39. The highest BCUT2D eigenvalue weighted by atomic mass is 32.2. The zero-order chi connectivity index (χ0) is 22.5. The van der Waals surface area contributed by atoms with Crippen LogP contribution in [0.5, 0.6) is 5.75 Å². The number of amides is 1. The van der Waals surface area contributed by atoms with Gasteiger partial charge in [-0.2, -0.15) is 17.5 Å². The topological polar surface area (TPSA) is 75.7 Å². The summed E-state index contributed by atoms with van der Waals surface area (Å²) in [5.41, 5.74) is -1.70. The Labute approximate surface area is 173 Å². The lowest BCUT2D eigenvalue weighted by Crippen LogP contribution is -2.30. The number of carbonyl (C=O) groups is 1. The summed E-state index contributed by atoms with van der Waals surface area (Å²) in [7, 11) is -3.84. The first-order valence-corrected chi connectivity index (χ1v) is 10.7. The van der Waals surface area contributed by atoms with E-state index < -0.39 is 33.2 Å². The Morgan fingerprint density at radius 3 is 2.27 bits per heavy atom. The first kappa shape index (κ1) is 23.7. The summed E-state index contributed by atoms with van der Waals surface area (Å²) in [6.45, 7) is 5.76. The van der Waals surface area contributed by atoms with Gasteiger partial charge in [-0.1, -0.05) is 26.0 Å². The molecule has 0 aliphatic heterocycles. The van der Waals surface area contributed by atoms with E-state index in [1.807, 2.05) is 0 Å². The van der Waals surface area contributed by atoms with Crippen LogP contribution in [-0.2, 0) is 16.2 Å². The molecular weight excluding hydrogens is 421 g/mol. The van der Waals surface area contributed by atoms with Crippen LogP contribution in [0.4, 0.5) is 18.9 Å². The van der Waals surface area contributed by atoms with Gasteiger partial charge >= 0.3 is 6.18 Å². The average Bonchev–Trinajstić information content (AvgIpc) is 2.69. The molecule has 0 aliphatic carbocycles. The van der Waals surface area contributed by atoms with Gasteiger partial charge in [-0.25, -0.2) is 8.42 Å². The predicted molar refractivity (Wildman–Crippen MR) is 107 cm³/mol. The number of anilines is 1. The van der Waals surface area contributed by atoms with Crippen molar-refractivity contribution in [1.29, 1.82) is 0 Å². The molecule has 0 saturated heterocycles. The maximum atomic E-state index is 13.2. The fourth-order valence-electron chi connectivity index (χ4n) is 2.88. The van der Waals surface area contributed by atoms with Crippen molar-refractivity contribution < 1.29 is 31.1 Å². The van der Waals surface area contributed by atoms with E-state index in [1.54, 1.807) is 20.8 Å². The number of hydrogen-bond acceptors (Lipinski definition) is 4. The van der Waals surface area contributed by atoms with Crippen molar-refractivity contribution in [3.8, 4) is 5.75 Å². The van der Waals surface area contributed by atoms with Crippen molar-refractivity contribution >= 4 is 21.6 Å². The average molecular weight is 444 g/mol. The maximum absolute atomic E-state index is 13.2. The minimum Gasteiger partial charge on any atom is -0.492 e. The molecule has 10 heteroatoms. The lowest BCUT2D eigenvalue weighted by atomic mass is 10.1. The second-order valence-electron chi connectivity index (χ2n) is 6.18. The molecule has 0 atom stereocenters. The molecule has 0 saturated carbocycles. The third-order valence-electron chi connectivity index (χ3n) is 4.32. The van der Waals surface area contributed by atoms with Crippen LogP contribution < -0.4 is 10.1 Å². The summed E-state index contributed by atoms with van der Waals surface area (Å²) in [6, 6.07) is 8.24. The quantitative estimate of drug-likeness (QED) is 0.655. The minimum absolute atomic E-state index is 0.0351. The van der Waals surface area contributed by atoms with Crippen molar-refractivity contribution in [2.45, 2.75) is 31.8 Å². The molecule has 2 rings (SSSR count). The van der Waals surface area contributed by atoms with E-state index in [-0.39, 0.29) is 36.0 Å². The Morgan fingerprint density at radius 2 is 1.70 bits per heavy atom. The van der Waals surface area contributed by atoms with E-state index in [4.69, 9.17) is 4.74 Å². The van der Waals surface area contributed by atoms with Crippen molar-refractivity contribution in [3.63, 3.8) is 0 Å². The molecule has 30 heavy (non-hydrogen) atoms. The number of alkyl halides is 3. The lowest BCUT2D eigenvalue weighted by molar-refractivity contribution is -0.137. The van der Waals surface area contributed by atoms with Crippen LogP contribution in [0.1, 0.15) is 36.7 Å². The monoisotopic (exact) mass is 444 g/mol. The van der Waals surface area contributed by atoms with Crippen molar-refractivity contribution in [2.24, 2.45) is 0 Å². The van der Waals surface area contributed by atoms with Crippen LogP contribution in [0.15, 0.2) is 47.4 Å². The summed E-state index contributed by atoms with van der Waals surface area (Å²) >= 11 is 0. The molecule has 0 aromatic heterocycles. The van der Waals surface area contributed by atoms with Gasteiger partial charge in [0.15, 0.2) is 0 Å². The van der Waals surface area contributed by atoms with Gasteiger partial charge in [0.25, 0.3) is 5.91 Å². The van der Waals surface area contributed by atoms with E-state index in [2.05, 4.69) is 5.32 Å². The van der Waals surface area contributed by atoms with Crippen LogP contribution in [0.3, 0.4) is 0 Å². The first-order valence-electron chi connectivity index (χ1n) is 9.30. The molecule has 164 valence electrons. The van der Waals surface area contributed by atoms with Crippen LogP contribution in [0, 0.1) is 0 Å². The smallest absolute Gasteiger partial charge is 0.417 e. The molecule has 0 spiro atoms. The van der Waals surface area contributed by atoms with E-state index in [0.29, 0.717) is 0 Å². The number of benzene rings is 2. The summed E-state index contributed by atoms with van der Waals surface area (Å²) < 4.78 is 71.9. The molecule has 6 nitrogen and oxygen atoms in total. The van der Waals surface area contributed by atoms with Gasteiger partial charge in [-0.3, -0.25) is 4.79 Å². The number of nitrogens with one attached hydrogen (secondary N) is 1. The van der Waals surface area contributed by atoms with Crippen molar-refractivity contribution in [2.75, 3.05) is 25.0 Å². The van der Waals surface area contributed by atoms with Gasteiger partial charge in [0.2, 0.25) is 10.0 Å². The molecule has 0 bridgehead atoms. The Bertz CT molecular complexity index is 1000. The molecule has 0 heterocycles. The van der Waals surface area contributed by atoms with Gasteiger partial charge < -0.3 is 10.1 Å². The van der Waals surface area contributed by atoms with Crippen LogP contribution >= 0.6 is 0 Å². The SMILES string of the molecule is CCOc1ccc(S(=O)(=O)N(CC)CC)cc1NC(=O)c1ccccc1C(F)(F)F. The molecule has 2 aromatic carbocycles. The Balaban J connectivity index is 2.50. The van der Waals surface area contributed by atoms with Gasteiger partial charge in [-0.15, -0.1) is 0 Å². The number of carbonyl (C=O) groups excluding carboxylic acids is 1. The van der Waals surface area contributed by atoms with Gasteiger partial charge in [0, 0.05) is 13.1 Å². The summed E-state index contributed by atoms with van der Waals surface area (Å²) in [4.78, 5) is 12.5. The molecule has 0 radical (unpaired) electrons. The second kappa shape index (κ2) is 9.48. The molecule has 2 aromatic rings. The largest absolute Gasteiger partial charge is 0.492 e. The normalized spacial score (nSPS) is 12.1. The van der Waals surface area contributed by atoms with E-state index in [9.17, 15) is 26.4 Å². The number of hydrogen-bond donors (Lipinski definition) is 1. The fourth-order valence-corrected chi connectivity index (χ4v) is 4.36. The maximum Gasteiger partial charge on any atom is 0.417 e. The molecule has 1 amide bonds. The summed E-state index contributed by atoms with van der Waals surface area (Å²) in [6.07, 6.45) is -4.72. The van der Waals surface area contributed by atoms with Gasteiger partial charge in [0.1, 0.15) is 5.75 Å². The number of ether oxygens (including phenoxy) is 1. The molecular formula is C20H23F3N2O4S. The highest BCUT2D eigenvalue weighted by Crippen LogP contribution is 2.34. The Hall–Kier alpha value is -2.59. The number of halogens is 3. The highest BCUT2D eigenvalue weighted by molar-refractivity contribution is 7.89. The minimum atomic E-state index is -4.72. The number of rotatable bonds is 8. The molecule has 1 N–H and O–H groups in total. The summed E-state index contributed by atoms with van der Waals surface area (Å²) in [5, 5.41) is 2.36. The zero-order valence-electron chi connectivity index (χ0n) is 16.8. The summed E-state index contributed by atoms with van der Waals surface area (Å²) in [5.74, 6) is -0.880. The Morgan fingerprint density at radius 1 is 1.07 bits per heavy atom. The third kappa shape index (κ3) is 5.11. The number of sulfonamides is 1. The lowest BCUT2D eigenvalue weighted by Gasteiger charge is -2.20. The van der Waals surface area contributed by atoms with Crippen LogP contribution in [-0.4, -0.2) is 38.3 Å². The van der Waals surface area contributed by atoms with E-state index in [0.717, 1.165) is 12.1 Å². The van der Waals surface area contributed by atoms with Crippen molar-refractivity contribution in [3.05, 3.63) is 53.6 Å². The Kier molecular flexibility index (Phi) is 7.49. The van der Waals surface area contributed by atoms with E-state index >= 15 is 0 Å². The highest BCUT2D eigenvalue weighted by Gasteiger charge is 2.35. The third-order valence-corrected chi connectivity index (χ3v) is 6.37. The molecule has 0 unspecified atom stereocenters. The van der Waals surface area contributed by atoms with Crippen molar-refractivity contribution in [1.82, 2.24) is 4.31 Å². The van der Waals surface area contributed by atoms with Gasteiger partial charge in [0.05, 0.1) is 28.3 Å². The number of nitrogens with zero attached hydrogens (tertiary/aromatic N) is 1. The van der Waals surface area contributed by atoms with Gasteiger partial charge in [-0.05, 0) is 37.3 Å². The standard InChI is InChI=1S/C20H23F3N2O4S/c1-4-25(5-2)30(27,28)14-11-12-18(29-6-3)17(13-14)24-19(26)15-9-7-8-10-16(15)20(21,22)23/h7-13H,4-6H2,1-3H3,(H,24,26). The van der Waals surface area contributed by atoms with E-state index in [1.165, 1.54) is 34.6 Å². The fraction of sp³-hybridized carbons (Fsp3) is 0.350. The first-order chi connectivity index (χ1) is 14.1. The van der Waals surface area contributed by atoms with Crippen LogP contribution in [0.2, 0.25) is 0 Å². The second-order valence-corrected chi connectivity index (χ2v) is 8.12. The zero-order valence-corrected chi connectivity index (χ0v) is 17.6. The molecule has 0 aliphatic rings. The molecule has 0 fully saturated rings. The van der Waals surface area contributed by atoms with Crippen LogP contribution in [0.25, 0.3) is 0 Å².